The van der Waals surface area contributed by atoms with Crippen molar-refractivity contribution in [2.24, 2.45) is 0 Å². The van der Waals surface area contributed by atoms with Gasteiger partial charge in [0.2, 0.25) is 0 Å². The van der Waals surface area contributed by atoms with E-state index < -0.39 is 0 Å². The van der Waals surface area contributed by atoms with E-state index in [9.17, 15) is 0 Å². The molecule has 0 aliphatic heterocycles. The molecule has 7 rings (SSSR count). The smallest absolute Gasteiger partial charge is 0.656 e. The van der Waals surface area contributed by atoms with E-state index >= 15 is 0 Å². The molecule has 0 aliphatic rings. The van der Waals surface area contributed by atoms with Crippen molar-refractivity contribution in [1.82, 2.24) is 15.0 Å². The van der Waals surface area contributed by atoms with Gasteiger partial charge in [-0.15, -0.1) is 28.7 Å². The van der Waals surface area contributed by atoms with Gasteiger partial charge in [0.05, 0.1) is 11.5 Å². The van der Waals surface area contributed by atoms with Gasteiger partial charge in [0.25, 0.3) is 0 Å². The van der Waals surface area contributed by atoms with Crippen molar-refractivity contribution in [2.45, 2.75) is 52.4 Å². The summed E-state index contributed by atoms with van der Waals surface area (Å²) in [5.74, 6) is 0.626. The summed E-state index contributed by atoms with van der Waals surface area (Å²) < 4.78 is 0. The molecule has 4 heteroatoms. The van der Waals surface area contributed by atoms with Gasteiger partial charge in [-0.05, 0) is 44.4 Å². The Kier molecular flexibility index (Phi) is 8.37. The zero-order valence-corrected chi connectivity index (χ0v) is 29.2. The summed E-state index contributed by atoms with van der Waals surface area (Å²) in [4.78, 5) is 14.8. The molecular weight excluding hydrogens is 743 g/mol. The second-order valence-corrected chi connectivity index (χ2v) is 13.9. The molecule has 0 amide bonds. The van der Waals surface area contributed by atoms with Gasteiger partial charge in [0, 0.05) is 6.20 Å². The van der Waals surface area contributed by atoms with Gasteiger partial charge in [-0.25, -0.2) is 5.56 Å². The molecule has 46 heavy (non-hydrogen) atoms. The average molecular weight is 780 g/mol. The molecule has 3 nitrogen and oxygen atoms in total. The van der Waals surface area contributed by atoms with E-state index in [1.807, 2.05) is 18.3 Å². The van der Waals surface area contributed by atoms with Crippen molar-refractivity contribution in [2.75, 3.05) is 0 Å². The third kappa shape index (κ3) is 6.11. The van der Waals surface area contributed by atoms with Crippen molar-refractivity contribution < 1.29 is 22.4 Å². The summed E-state index contributed by atoms with van der Waals surface area (Å²) in [7, 11) is 0. The molecule has 5 aromatic carbocycles. The summed E-state index contributed by atoms with van der Waals surface area (Å²) in [5, 5.41) is 2.28. The summed E-state index contributed by atoms with van der Waals surface area (Å²) in [5.41, 5.74) is 11.5. The number of hydrogen-bond acceptors (Lipinski definition) is 2. The van der Waals surface area contributed by atoms with Crippen LogP contribution in [-0.2, 0) is 33.2 Å². The predicted molar refractivity (Wildman–Crippen MR) is 187 cm³/mol. The Balaban J connectivity index is 0.00000372. The minimum atomic E-state index is 0. The minimum absolute atomic E-state index is 0. The van der Waals surface area contributed by atoms with Gasteiger partial charge in [-0.2, -0.15) is 35.9 Å². The molecule has 0 saturated heterocycles. The second kappa shape index (κ2) is 12.1. The molecule has 0 N–H and O–H groups in total. The molecule has 2 heterocycles. The van der Waals surface area contributed by atoms with Gasteiger partial charge < -0.3 is 4.98 Å². The number of fused-ring (bicyclic) bond motifs is 3. The Morgan fingerprint density at radius 3 is 2.04 bits per heavy atom. The Morgan fingerprint density at radius 2 is 1.33 bits per heavy atom. The first-order valence-corrected chi connectivity index (χ1v) is 15.5. The van der Waals surface area contributed by atoms with Crippen LogP contribution in [-0.4, -0.2) is 9.97 Å². The van der Waals surface area contributed by atoms with E-state index in [0.717, 1.165) is 60.9 Å². The monoisotopic (exact) mass is 779 g/mol. The fraction of sp³-hybridized carbons (Fsp3) is 0.190. The van der Waals surface area contributed by atoms with Crippen molar-refractivity contribution in [3.63, 3.8) is 0 Å². The molecule has 7 aromatic rings. The van der Waals surface area contributed by atoms with Crippen LogP contribution in [0.1, 0.15) is 52.7 Å². The first-order valence-electron chi connectivity index (χ1n) is 15.5. The number of rotatable bonds is 4. The van der Waals surface area contributed by atoms with Crippen LogP contribution in [0.4, 0.5) is 0 Å². The van der Waals surface area contributed by atoms with Crippen LogP contribution in [0, 0.1) is 12.1 Å². The zero-order valence-electron chi connectivity index (χ0n) is 27.0. The van der Waals surface area contributed by atoms with E-state index in [1.165, 1.54) is 11.1 Å². The van der Waals surface area contributed by atoms with E-state index in [0.29, 0.717) is 5.82 Å². The Morgan fingerprint density at radius 1 is 0.630 bits per heavy atom. The number of aromatic nitrogens is 3. The van der Waals surface area contributed by atoms with Crippen LogP contribution in [0.5, 0.6) is 0 Å². The van der Waals surface area contributed by atoms with Crippen molar-refractivity contribution in [3.05, 3.63) is 133 Å². The van der Waals surface area contributed by atoms with E-state index in [2.05, 4.69) is 145 Å². The Bertz CT molecular complexity index is 2080. The van der Waals surface area contributed by atoms with Crippen LogP contribution in [0.25, 0.3) is 66.7 Å². The molecule has 230 valence electrons. The normalized spacial score (nSPS) is 12.0. The number of nitrogens with zero attached hydrogens (tertiary/aromatic N) is 3. The van der Waals surface area contributed by atoms with E-state index in [1.54, 1.807) is 0 Å². The topological polar surface area (TPSA) is 39.9 Å². The van der Waals surface area contributed by atoms with Crippen LogP contribution in [0.2, 0.25) is 0 Å². The second-order valence-electron chi connectivity index (χ2n) is 13.9. The van der Waals surface area contributed by atoms with Gasteiger partial charge in [0.1, 0.15) is 0 Å². The molecule has 0 spiro atoms. The standard InChI is InChI=1S/C42H36N3.Au/c1-41(2,3)32-18-14-27(15-19-32)29-24-30(28-16-20-33(21-17-28)42(4,5)6)26-31(25-29)40-43-23-22-38(45-40)36-12-9-11-35-34-10-7-8-13-37(34)44-39(35)36;/h7-16,18-25H,1-6H3;/q-3;+3. The maximum absolute atomic E-state index is 5.10. The molecule has 0 atom stereocenters. The maximum Gasteiger partial charge on any atom is 3.00 e. The Hall–Kier alpha value is -4.28. The minimum Gasteiger partial charge on any atom is -0.656 e. The SMILES string of the molecule is CC(C)(C)c1c[c-]c(-c2[c-]c(-c3nccc(-c4cccc5c4[n-]c4ccccc45)n3)cc(-c3ccc(C(C)(C)C)cc3)c2)cc1.[Au+3]. The van der Waals surface area contributed by atoms with Gasteiger partial charge >= 0.3 is 22.4 Å². The van der Waals surface area contributed by atoms with Crippen LogP contribution >= 0.6 is 0 Å². The van der Waals surface area contributed by atoms with Crippen LogP contribution in [0.3, 0.4) is 0 Å². The van der Waals surface area contributed by atoms with Crippen LogP contribution in [0.15, 0.2) is 109 Å². The Labute approximate surface area is 287 Å². The number of hydrogen-bond donors (Lipinski definition) is 0. The summed E-state index contributed by atoms with van der Waals surface area (Å²) in [6.07, 6.45) is 1.84. The quantitative estimate of drug-likeness (QED) is 0.132. The molecule has 0 aliphatic carbocycles. The van der Waals surface area contributed by atoms with Crippen molar-refractivity contribution in [1.29, 1.82) is 0 Å². The first kappa shape index (κ1) is 31.7. The zero-order chi connectivity index (χ0) is 31.3. The summed E-state index contributed by atoms with van der Waals surface area (Å²) in [6.45, 7) is 13.4. The fourth-order valence-electron chi connectivity index (χ4n) is 5.87. The predicted octanol–water partition coefficient (Wildman–Crippen LogP) is 10.6. The van der Waals surface area contributed by atoms with Crippen molar-refractivity contribution in [3.8, 4) is 44.9 Å². The molecular formula is C42H36AuN3. The summed E-state index contributed by atoms with van der Waals surface area (Å²) in [6, 6.07) is 43.4. The third-order valence-electron chi connectivity index (χ3n) is 8.56. The molecule has 0 unspecified atom stereocenters. The molecule has 0 bridgehead atoms. The molecule has 2 aromatic heterocycles. The number of benzene rings is 5. The van der Waals surface area contributed by atoms with Crippen LogP contribution < -0.4 is 4.98 Å². The first-order chi connectivity index (χ1) is 21.5. The van der Waals surface area contributed by atoms with E-state index in [4.69, 9.17) is 15.0 Å². The molecule has 0 radical (unpaired) electrons. The molecule has 0 saturated carbocycles. The van der Waals surface area contributed by atoms with Gasteiger partial charge in [-0.1, -0.05) is 119 Å². The summed E-state index contributed by atoms with van der Waals surface area (Å²) >= 11 is 0. The largest absolute Gasteiger partial charge is 3.00 e. The number of para-hydroxylation sites is 2. The maximum atomic E-state index is 5.10. The third-order valence-corrected chi connectivity index (χ3v) is 8.56. The average Bonchev–Trinajstić information content (AvgIpc) is 3.43. The van der Waals surface area contributed by atoms with Crippen molar-refractivity contribution >= 4 is 21.8 Å². The van der Waals surface area contributed by atoms with E-state index in [-0.39, 0.29) is 33.2 Å². The fourth-order valence-corrected chi connectivity index (χ4v) is 5.87. The van der Waals surface area contributed by atoms with Gasteiger partial charge in [0.15, 0.2) is 0 Å². The molecule has 0 fully saturated rings. The van der Waals surface area contributed by atoms with Gasteiger partial charge in [-0.3, -0.25) is 9.97 Å².